The number of likely N-dealkylation sites (tertiary alicyclic amines) is 1. The minimum absolute atomic E-state index is 0.195. The standard InChI is InChI=1S/C21H21N3O5S2/c1-13-2-5-15(6-3-13)31(28,29)16-8-10-24(11-9-16)20(26)19(25)22-14-4-7-17-18(12-14)30-21(27)23-17/h2-7,12,16H,8-11H2,1H3,(H,22,25)(H,23,27). The number of aryl methyl sites for hydroxylation is 1. The number of nitrogens with one attached hydrogen (secondary N) is 2. The SMILES string of the molecule is Cc1ccc(S(=O)(=O)C2CCN(C(=O)C(=O)Nc3ccc4[nH]c(=O)sc4c3)CC2)cc1. The number of piperidine rings is 1. The summed E-state index contributed by atoms with van der Waals surface area (Å²) in [6, 6.07) is 11.6. The normalized spacial score (nSPS) is 15.2. The highest BCUT2D eigenvalue weighted by molar-refractivity contribution is 7.92. The topological polar surface area (TPSA) is 116 Å². The van der Waals surface area contributed by atoms with E-state index in [1.165, 1.54) is 4.90 Å². The molecule has 1 aromatic heterocycles. The van der Waals surface area contributed by atoms with E-state index in [-0.39, 0.29) is 35.7 Å². The number of anilines is 1. The molecule has 0 unspecified atom stereocenters. The van der Waals surface area contributed by atoms with Crippen molar-refractivity contribution >= 4 is 48.9 Å². The quantitative estimate of drug-likeness (QED) is 0.583. The number of hydrogen-bond donors (Lipinski definition) is 2. The fourth-order valence-electron chi connectivity index (χ4n) is 3.64. The first-order valence-corrected chi connectivity index (χ1v) is 12.1. The number of aromatic nitrogens is 1. The predicted molar refractivity (Wildman–Crippen MR) is 119 cm³/mol. The van der Waals surface area contributed by atoms with Gasteiger partial charge in [-0.05, 0) is 50.1 Å². The Morgan fingerprint density at radius 1 is 1.10 bits per heavy atom. The molecule has 0 spiro atoms. The fraction of sp³-hybridized carbons (Fsp3) is 0.286. The van der Waals surface area contributed by atoms with Crippen LogP contribution in [-0.2, 0) is 19.4 Å². The summed E-state index contributed by atoms with van der Waals surface area (Å²) in [6.07, 6.45) is 0.553. The molecule has 1 fully saturated rings. The number of fused-ring (bicyclic) bond motifs is 1. The molecule has 0 saturated carbocycles. The molecule has 1 aliphatic rings. The van der Waals surface area contributed by atoms with Crippen molar-refractivity contribution in [3.63, 3.8) is 0 Å². The van der Waals surface area contributed by atoms with E-state index in [1.54, 1.807) is 42.5 Å². The summed E-state index contributed by atoms with van der Waals surface area (Å²) in [5.74, 6) is -1.49. The van der Waals surface area contributed by atoms with Crippen LogP contribution >= 0.6 is 11.3 Å². The Kier molecular flexibility index (Phi) is 5.67. The minimum atomic E-state index is -3.48. The number of thiazole rings is 1. The Morgan fingerprint density at radius 3 is 2.45 bits per heavy atom. The number of benzene rings is 2. The second-order valence-electron chi connectivity index (χ2n) is 7.53. The molecule has 2 heterocycles. The lowest BCUT2D eigenvalue weighted by molar-refractivity contribution is -0.143. The fourth-order valence-corrected chi connectivity index (χ4v) is 6.15. The molecule has 0 atom stereocenters. The van der Waals surface area contributed by atoms with Crippen molar-refractivity contribution in [3.05, 3.63) is 57.7 Å². The van der Waals surface area contributed by atoms with Gasteiger partial charge in [0.05, 0.1) is 20.4 Å². The van der Waals surface area contributed by atoms with Gasteiger partial charge in [0, 0.05) is 18.8 Å². The maximum absolute atomic E-state index is 12.9. The molecule has 2 aromatic carbocycles. The summed E-state index contributed by atoms with van der Waals surface area (Å²) in [7, 11) is -3.48. The largest absolute Gasteiger partial charge is 0.334 e. The maximum atomic E-state index is 12.9. The third-order valence-electron chi connectivity index (χ3n) is 5.39. The maximum Gasteiger partial charge on any atom is 0.313 e. The van der Waals surface area contributed by atoms with E-state index in [1.807, 2.05) is 6.92 Å². The molecule has 162 valence electrons. The summed E-state index contributed by atoms with van der Waals surface area (Å²) in [6.45, 7) is 2.28. The van der Waals surface area contributed by atoms with Gasteiger partial charge in [-0.3, -0.25) is 14.4 Å². The monoisotopic (exact) mass is 459 g/mol. The highest BCUT2D eigenvalue weighted by Crippen LogP contribution is 2.25. The van der Waals surface area contributed by atoms with E-state index in [4.69, 9.17) is 0 Å². The van der Waals surface area contributed by atoms with E-state index in [0.717, 1.165) is 16.9 Å². The molecule has 1 saturated heterocycles. The van der Waals surface area contributed by atoms with Gasteiger partial charge in [-0.25, -0.2) is 8.42 Å². The highest BCUT2D eigenvalue weighted by atomic mass is 32.2. The van der Waals surface area contributed by atoms with Crippen LogP contribution in [0.1, 0.15) is 18.4 Å². The van der Waals surface area contributed by atoms with Crippen LogP contribution in [0.2, 0.25) is 0 Å². The molecule has 2 N–H and O–H groups in total. The molecule has 3 aromatic rings. The first-order valence-electron chi connectivity index (χ1n) is 9.78. The number of carbonyl (C=O) groups is 2. The lowest BCUT2D eigenvalue weighted by Gasteiger charge is -2.31. The number of rotatable bonds is 3. The number of H-pyrrole nitrogens is 1. The Bertz CT molecular complexity index is 1300. The summed E-state index contributed by atoms with van der Waals surface area (Å²) in [5, 5.41) is 1.97. The molecule has 8 nitrogen and oxygen atoms in total. The zero-order chi connectivity index (χ0) is 22.2. The lowest BCUT2D eigenvalue weighted by Crippen LogP contribution is -2.46. The van der Waals surface area contributed by atoms with E-state index in [2.05, 4.69) is 10.3 Å². The van der Waals surface area contributed by atoms with Crippen LogP contribution in [0, 0.1) is 6.92 Å². The Hall–Kier alpha value is -2.98. The summed E-state index contributed by atoms with van der Waals surface area (Å²) in [4.78, 5) is 40.5. The van der Waals surface area contributed by atoms with Gasteiger partial charge in [0.15, 0.2) is 9.84 Å². The van der Waals surface area contributed by atoms with Crippen LogP contribution in [0.15, 0.2) is 52.2 Å². The zero-order valence-electron chi connectivity index (χ0n) is 16.8. The van der Waals surface area contributed by atoms with Gasteiger partial charge in [-0.15, -0.1) is 0 Å². The van der Waals surface area contributed by atoms with Gasteiger partial charge in [0.25, 0.3) is 0 Å². The first-order chi connectivity index (χ1) is 14.7. The van der Waals surface area contributed by atoms with Crippen molar-refractivity contribution in [2.45, 2.75) is 29.9 Å². The second-order valence-corrected chi connectivity index (χ2v) is 10.8. The first kappa shape index (κ1) is 21.3. The van der Waals surface area contributed by atoms with E-state index >= 15 is 0 Å². The average Bonchev–Trinajstić information content (AvgIpc) is 3.13. The average molecular weight is 460 g/mol. The van der Waals surface area contributed by atoms with Crippen molar-refractivity contribution in [1.29, 1.82) is 0 Å². The number of carbonyl (C=O) groups excluding carboxylic acids is 2. The van der Waals surface area contributed by atoms with Crippen molar-refractivity contribution in [2.24, 2.45) is 0 Å². The number of amides is 2. The van der Waals surface area contributed by atoms with Crippen LogP contribution < -0.4 is 10.2 Å². The predicted octanol–water partition coefficient (Wildman–Crippen LogP) is 2.30. The molecule has 10 heteroatoms. The highest BCUT2D eigenvalue weighted by Gasteiger charge is 2.34. The van der Waals surface area contributed by atoms with Crippen LogP contribution in [0.4, 0.5) is 5.69 Å². The van der Waals surface area contributed by atoms with Gasteiger partial charge < -0.3 is 15.2 Å². The van der Waals surface area contributed by atoms with Gasteiger partial charge in [0.2, 0.25) is 0 Å². The van der Waals surface area contributed by atoms with Gasteiger partial charge >= 0.3 is 16.7 Å². The zero-order valence-corrected chi connectivity index (χ0v) is 18.4. The summed E-state index contributed by atoms with van der Waals surface area (Å²) >= 11 is 1.02. The third kappa shape index (κ3) is 4.40. The molecule has 0 radical (unpaired) electrons. The van der Waals surface area contributed by atoms with E-state index in [9.17, 15) is 22.8 Å². The van der Waals surface area contributed by atoms with Gasteiger partial charge in [-0.2, -0.15) is 0 Å². The molecule has 0 bridgehead atoms. The number of nitrogens with zero attached hydrogens (tertiary/aromatic N) is 1. The Balaban J connectivity index is 1.38. The van der Waals surface area contributed by atoms with Gasteiger partial charge in [0.1, 0.15) is 0 Å². The molecular weight excluding hydrogens is 438 g/mol. The van der Waals surface area contributed by atoms with E-state index in [0.29, 0.717) is 15.9 Å². The Labute approximate surface area is 182 Å². The molecule has 0 aliphatic carbocycles. The van der Waals surface area contributed by atoms with Crippen LogP contribution in [0.3, 0.4) is 0 Å². The molecule has 4 rings (SSSR count). The van der Waals surface area contributed by atoms with Crippen molar-refractivity contribution in [2.75, 3.05) is 18.4 Å². The lowest BCUT2D eigenvalue weighted by atomic mass is 10.1. The van der Waals surface area contributed by atoms with Crippen LogP contribution in [0.5, 0.6) is 0 Å². The summed E-state index contributed by atoms with van der Waals surface area (Å²) < 4.78 is 26.4. The molecule has 2 amide bonds. The molecule has 1 aliphatic heterocycles. The minimum Gasteiger partial charge on any atom is -0.334 e. The van der Waals surface area contributed by atoms with Gasteiger partial charge in [-0.1, -0.05) is 29.0 Å². The molecular formula is C21H21N3O5S2. The van der Waals surface area contributed by atoms with Crippen LogP contribution in [-0.4, -0.2) is 48.5 Å². The van der Waals surface area contributed by atoms with Crippen molar-refractivity contribution in [3.8, 4) is 0 Å². The number of aromatic amines is 1. The molecule has 31 heavy (non-hydrogen) atoms. The third-order valence-corrected chi connectivity index (χ3v) is 8.51. The second kappa shape index (κ2) is 8.27. The van der Waals surface area contributed by atoms with Crippen molar-refractivity contribution in [1.82, 2.24) is 9.88 Å². The number of sulfone groups is 1. The van der Waals surface area contributed by atoms with Crippen LogP contribution in [0.25, 0.3) is 10.2 Å². The van der Waals surface area contributed by atoms with E-state index < -0.39 is 26.9 Å². The Morgan fingerprint density at radius 2 is 1.77 bits per heavy atom. The number of hydrogen-bond acceptors (Lipinski definition) is 6. The smallest absolute Gasteiger partial charge is 0.313 e. The summed E-state index contributed by atoms with van der Waals surface area (Å²) in [5.41, 5.74) is 2.06. The van der Waals surface area contributed by atoms with Crippen molar-refractivity contribution < 1.29 is 18.0 Å².